The van der Waals surface area contributed by atoms with Crippen LogP contribution in [0, 0.1) is 0 Å². The first-order valence-electron chi connectivity index (χ1n) is 33.3. The molecule has 0 rings (SSSR count). The van der Waals surface area contributed by atoms with Crippen LogP contribution in [-0.2, 0) is 65.4 Å². The van der Waals surface area contributed by atoms with Crippen molar-refractivity contribution in [1.29, 1.82) is 0 Å². The van der Waals surface area contributed by atoms with Gasteiger partial charge in [-0.15, -0.1) is 0 Å². The van der Waals surface area contributed by atoms with E-state index in [9.17, 15) is 43.2 Å². The van der Waals surface area contributed by atoms with Crippen molar-refractivity contribution in [3.63, 3.8) is 0 Å². The molecule has 0 spiro atoms. The van der Waals surface area contributed by atoms with Gasteiger partial charge in [0, 0.05) is 25.7 Å². The molecule has 82 heavy (non-hydrogen) atoms. The summed E-state index contributed by atoms with van der Waals surface area (Å²) in [6.45, 7) is 4.77. The molecular formula is C63H122O17P2. The Morgan fingerprint density at radius 3 is 0.720 bits per heavy atom. The van der Waals surface area contributed by atoms with Gasteiger partial charge in [-0.2, -0.15) is 0 Å². The van der Waals surface area contributed by atoms with E-state index in [4.69, 9.17) is 37.0 Å². The SMILES string of the molecule is CCCCCCCCCCCCCCCCCC(=O)OC[C@H](COP(=O)(O)OC[C@H](O)COP(=O)(O)OC[C@@H](COC(=O)CCCCCCCC)OC(=O)CCCCCCCC)OC(=O)CCCCCCCCCCCCCCCCC. The van der Waals surface area contributed by atoms with Gasteiger partial charge in [-0.3, -0.25) is 37.3 Å². The summed E-state index contributed by atoms with van der Waals surface area (Å²) in [7, 11) is -9.87. The monoisotopic (exact) mass is 1210 g/mol. The number of esters is 4. The maximum Gasteiger partial charge on any atom is 0.472 e. The highest BCUT2D eigenvalue weighted by Gasteiger charge is 2.30. The molecular weight excluding hydrogens is 1090 g/mol. The van der Waals surface area contributed by atoms with E-state index in [1.807, 2.05) is 0 Å². The molecule has 0 amide bonds. The average Bonchev–Trinajstić information content (AvgIpc) is 3.46. The number of carbonyl (C=O) groups is 4. The van der Waals surface area contributed by atoms with Gasteiger partial charge in [-0.1, -0.05) is 272 Å². The van der Waals surface area contributed by atoms with Crippen molar-refractivity contribution in [2.24, 2.45) is 0 Å². The molecule has 0 saturated carbocycles. The quantitative estimate of drug-likeness (QED) is 0.0222. The summed E-state index contributed by atoms with van der Waals surface area (Å²) in [5.41, 5.74) is 0. The van der Waals surface area contributed by atoms with Crippen LogP contribution in [-0.4, -0.2) is 96.7 Å². The second kappa shape index (κ2) is 58.1. The Morgan fingerprint density at radius 2 is 0.488 bits per heavy atom. The van der Waals surface area contributed by atoms with Crippen molar-refractivity contribution >= 4 is 39.5 Å². The summed E-state index contributed by atoms with van der Waals surface area (Å²) < 4.78 is 67.7. The fourth-order valence-electron chi connectivity index (χ4n) is 9.46. The number of aliphatic hydroxyl groups excluding tert-OH is 1. The van der Waals surface area contributed by atoms with Gasteiger partial charge >= 0.3 is 39.5 Å². The number of unbranched alkanes of at least 4 members (excludes halogenated alkanes) is 38. The van der Waals surface area contributed by atoms with Gasteiger partial charge in [0.05, 0.1) is 26.4 Å². The minimum Gasteiger partial charge on any atom is -0.462 e. The Hall–Kier alpha value is -1.94. The highest BCUT2D eigenvalue weighted by atomic mass is 31.2. The third kappa shape index (κ3) is 57.2. The summed E-state index contributed by atoms with van der Waals surface area (Å²) in [4.78, 5) is 71.8. The molecule has 0 saturated heterocycles. The fourth-order valence-corrected chi connectivity index (χ4v) is 11.0. The zero-order valence-electron chi connectivity index (χ0n) is 52.5. The maximum absolute atomic E-state index is 13.0. The topological polar surface area (TPSA) is 237 Å². The van der Waals surface area contributed by atoms with Gasteiger partial charge in [-0.05, 0) is 25.7 Å². The maximum atomic E-state index is 13.0. The molecule has 0 fully saturated rings. The van der Waals surface area contributed by atoms with Crippen LogP contribution < -0.4 is 0 Å². The van der Waals surface area contributed by atoms with Gasteiger partial charge in [-0.25, -0.2) is 9.13 Å². The Bertz CT molecular complexity index is 1590. The fraction of sp³-hybridized carbons (Fsp3) is 0.937. The lowest BCUT2D eigenvalue weighted by Crippen LogP contribution is -2.30. The van der Waals surface area contributed by atoms with Crippen LogP contribution in [0.4, 0.5) is 0 Å². The molecule has 0 heterocycles. The number of hydrogen-bond donors (Lipinski definition) is 3. The van der Waals surface area contributed by atoms with Crippen LogP contribution in [0.3, 0.4) is 0 Å². The summed E-state index contributed by atoms with van der Waals surface area (Å²) in [5.74, 6) is -2.15. The smallest absolute Gasteiger partial charge is 0.462 e. The lowest BCUT2D eigenvalue weighted by Gasteiger charge is -2.21. The first kappa shape index (κ1) is 80.1. The van der Waals surface area contributed by atoms with Gasteiger partial charge in [0.25, 0.3) is 0 Å². The number of hydrogen-bond acceptors (Lipinski definition) is 15. The van der Waals surface area contributed by atoms with Crippen LogP contribution in [0.5, 0.6) is 0 Å². The van der Waals surface area contributed by atoms with E-state index in [0.29, 0.717) is 25.7 Å². The van der Waals surface area contributed by atoms with Crippen molar-refractivity contribution in [3.05, 3.63) is 0 Å². The minimum absolute atomic E-state index is 0.102. The van der Waals surface area contributed by atoms with Gasteiger partial charge in [0.2, 0.25) is 0 Å². The molecule has 17 nitrogen and oxygen atoms in total. The van der Waals surface area contributed by atoms with E-state index in [1.54, 1.807) is 0 Å². The Labute approximate surface area is 498 Å². The average molecular weight is 1210 g/mol. The zero-order chi connectivity index (χ0) is 60.5. The highest BCUT2D eigenvalue weighted by Crippen LogP contribution is 2.45. The minimum atomic E-state index is -4.94. The highest BCUT2D eigenvalue weighted by molar-refractivity contribution is 7.47. The predicted octanol–water partition coefficient (Wildman–Crippen LogP) is 17.5. The molecule has 3 N–H and O–H groups in total. The Kier molecular flexibility index (Phi) is 56.7. The van der Waals surface area contributed by atoms with E-state index in [-0.39, 0.29) is 25.7 Å². The van der Waals surface area contributed by atoms with Crippen LogP contribution in [0.15, 0.2) is 0 Å². The molecule has 0 aliphatic heterocycles. The number of rotatable bonds is 64. The number of phosphoric ester groups is 2. The first-order chi connectivity index (χ1) is 39.7. The van der Waals surface area contributed by atoms with Gasteiger partial charge < -0.3 is 33.8 Å². The molecule has 0 radical (unpaired) electrons. The molecule has 19 heteroatoms. The van der Waals surface area contributed by atoms with Crippen molar-refractivity contribution in [2.75, 3.05) is 39.6 Å². The second-order valence-corrected chi connectivity index (χ2v) is 25.7. The second-order valence-electron chi connectivity index (χ2n) is 22.8. The van der Waals surface area contributed by atoms with Crippen molar-refractivity contribution < 1.29 is 80.2 Å². The molecule has 2 unspecified atom stereocenters. The Morgan fingerprint density at radius 1 is 0.293 bits per heavy atom. The predicted molar refractivity (Wildman–Crippen MR) is 326 cm³/mol. The van der Waals surface area contributed by atoms with E-state index < -0.39 is 97.5 Å². The molecule has 0 aromatic heterocycles. The van der Waals surface area contributed by atoms with Crippen molar-refractivity contribution in [2.45, 2.75) is 341 Å². The van der Waals surface area contributed by atoms with Crippen LogP contribution in [0.1, 0.15) is 323 Å². The van der Waals surface area contributed by atoms with E-state index in [2.05, 4.69) is 27.7 Å². The van der Waals surface area contributed by atoms with Crippen LogP contribution >= 0.6 is 15.6 Å². The standard InChI is InChI=1S/C63H122O17P2/c1-5-9-13-17-21-23-25-27-29-31-33-35-37-41-44-48-61(66)74-54-59(80-63(68)50-46-42-38-36-34-32-30-28-26-24-22-18-14-10-6-2)56-78-82(71,72)76-52-57(64)51-75-81(69,70)77-55-58(79-62(67)49-45-40-20-16-12-8-4)53-73-60(65)47-43-39-19-15-11-7-3/h57-59,64H,5-56H2,1-4H3,(H,69,70)(H,71,72)/t57-,58-,59-/m1/s1. The summed E-state index contributed by atoms with van der Waals surface area (Å²) >= 11 is 0. The normalized spacial score (nSPS) is 14.2. The third-order valence-corrected chi connectivity index (χ3v) is 16.5. The molecule has 0 bridgehead atoms. The van der Waals surface area contributed by atoms with Crippen LogP contribution in [0.2, 0.25) is 0 Å². The largest absolute Gasteiger partial charge is 0.472 e. The zero-order valence-corrected chi connectivity index (χ0v) is 54.2. The lowest BCUT2D eigenvalue weighted by atomic mass is 10.0. The molecule has 0 aliphatic carbocycles. The number of phosphoric acid groups is 2. The first-order valence-corrected chi connectivity index (χ1v) is 36.3. The number of aliphatic hydroxyl groups is 1. The van der Waals surface area contributed by atoms with Crippen molar-refractivity contribution in [1.82, 2.24) is 0 Å². The van der Waals surface area contributed by atoms with Gasteiger partial charge in [0.15, 0.2) is 12.2 Å². The summed E-state index contributed by atoms with van der Waals surface area (Å²) in [6.07, 6.45) is 43.5. The molecule has 486 valence electrons. The Balaban J connectivity index is 5.14. The van der Waals surface area contributed by atoms with Crippen molar-refractivity contribution in [3.8, 4) is 0 Å². The number of carbonyl (C=O) groups excluding carboxylic acids is 4. The van der Waals surface area contributed by atoms with E-state index in [0.717, 1.165) is 109 Å². The molecule has 0 aliphatic rings. The molecule has 5 atom stereocenters. The van der Waals surface area contributed by atoms with Crippen LogP contribution in [0.25, 0.3) is 0 Å². The molecule has 0 aromatic carbocycles. The van der Waals surface area contributed by atoms with E-state index in [1.165, 1.54) is 135 Å². The molecule has 0 aromatic rings. The summed E-state index contributed by atoms with van der Waals surface area (Å²) in [6, 6.07) is 0. The lowest BCUT2D eigenvalue weighted by molar-refractivity contribution is -0.161. The third-order valence-electron chi connectivity index (χ3n) is 14.6. The number of ether oxygens (including phenoxy) is 4. The summed E-state index contributed by atoms with van der Waals surface area (Å²) in [5, 5.41) is 10.5. The van der Waals surface area contributed by atoms with E-state index >= 15 is 0 Å². The van der Waals surface area contributed by atoms with Gasteiger partial charge in [0.1, 0.15) is 19.3 Å².